The topological polar surface area (TPSA) is 86.9 Å². The number of imide groups is 1. The molecular weight excluding hydrogens is 184 g/mol. The van der Waals surface area contributed by atoms with Gasteiger partial charge in [0.05, 0.1) is 11.9 Å². The number of carbonyl (C=O) groups excluding carboxylic acids is 2. The molecule has 1 atom stereocenters. The van der Waals surface area contributed by atoms with Gasteiger partial charge in [0.2, 0.25) is 11.8 Å². The van der Waals surface area contributed by atoms with E-state index in [9.17, 15) is 9.59 Å². The summed E-state index contributed by atoms with van der Waals surface area (Å²) in [5, 5.41) is 11.6. The number of rotatable bonds is 2. The number of hydrogen-bond donors (Lipinski definition) is 3. The van der Waals surface area contributed by atoms with Crippen molar-refractivity contribution in [3.8, 4) is 0 Å². The number of aromatic amines is 1. The number of anilines is 1. The minimum atomic E-state index is -0.342. The van der Waals surface area contributed by atoms with Crippen molar-refractivity contribution in [3.63, 3.8) is 0 Å². The van der Waals surface area contributed by atoms with Crippen molar-refractivity contribution in [1.82, 2.24) is 15.5 Å². The molecule has 0 saturated carbocycles. The van der Waals surface area contributed by atoms with Gasteiger partial charge in [0.15, 0.2) is 0 Å². The number of hydrogen-bond acceptors (Lipinski definition) is 4. The third-order valence-corrected chi connectivity index (χ3v) is 2.08. The fraction of sp³-hybridized carbons (Fsp3) is 0.375. The minimum Gasteiger partial charge on any atom is -0.371 e. The van der Waals surface area contributed by atoms with E-state index in [0.717, 1.165) is 5.69 Å². The molecule has 1 saturated heterocycles. The van der Waals surface area contributed by atoms with Crippen molar-refractivity contribution in [2.45, 2.75) is 18.9 Å². The molecule has 0 radical (unpaired) electrons. The standard InChI is InChI=1S/C8H10N4O2/c13-7-2-1-6(8(14)12-7)11-5-3-9-10-4-5/h3-4,6,11H,1-2H2,(H,9,10)(H,12,13,14). The van der Waals surface area contributed by atoms with E-state index in [-0.39, 0.29) is 17.9 Å². The number of nitrogens with zero attached hydrogens (tertiary/aromatic N) is 1. The van der Waals surface area contributed by atoms with Crippen molar-refractivity contribution >= 4 is 17.5 Å². The van der Waals surface area contributed by atoms with E-state index in [1.807, 2.05) is 0 Å². The maximum Gasteiger partial charge on any atom is 0.249 e. The molecule has 3 N–H and O–H groups in total. The van der Waals surface area contributed by atoms with Crippen LogP contribution in [0.3, 0.4) is 0 Å². The first-order valence-corrected chi connectivity index (χ1v) is 4.35. The van der Waals surface area contributed by atoms with Crippen molar-refractivity contribution in [2.24, 2.45) is 0 Å². The van der Waals surface area contributed by atoms with Gasteiger partial charge in [-0.05, 0) is 6.42 Å². The summed E-state index contributed by atoms with van der Waals surface area (Å²) in [7, 11) is 0. The molecule has 14 heavy (non-hydrogen) atoms. The molecule has 1 fully saturated rings. The number of carbonyl (C=O) groups is 2. The van der Waals surface area contributed by atoms with Gasteiger partial charge in [-0.25, -0.2) is 0 Å². The lowest BCUT2D eigenvalue weighted by Gasteiger charge is -2.21. The van der Waals surface area contributed by atoms with Crippen LogP contribution in [0, 0.1) is 0 Å². The lowest BCUT2D eigenvalue weighted by Crippen LogP contribution is -2.47. The van der Waals surface area contributed by atoms with E-state index >= 15 is 0 Å². The molecule has 2 amide bonds. The van der Waals surface area contributed by atoms with E-state index in [0.29, 0.717) is 12.8 Å². The monoisotopic (exact) mass is 194 g/mol. The second-order valence-corrected chi connectivity index (χ2v) is 3.14. The molecule has 1 aromatic heterocycles. The predicted octanol–water partition coefficient (Wildman–Crippen LogP) is -0.373. The third-order valence-electron chi connectivity index (χ3n) is 2.08. The summed E-state index contributed by atoms with van der Waals surface area (Å²) in [6.07, 6.45) is 4.14. The highest BCUT2D eigenvalue weighted by Gasteiger charge is 2.26. The molecule has 2 rings (SSSR count). The normalized spacial score (nSPS) is 21.9. The Morgan fingerprint density at radius 1 is 1.50 bits per heavy atom. The zero-order chi connectivity index (χ0) is 9.97. The number of aromatic nitrogens is 2. The van der Waals surface area contributed by atoms with Crippen molar-refractivity contribution in [3.05, 3.63) is 12.4 Å². The van der Waals surface area contributed by atoms with Crippen molar-refractivity contribution in [1.29, 1.82) is 0 Å². The molecule has 1 aliphatic rings. The highest BCUT2D eigenvalue weighted by atomic mass is 16.2. The van der Waals surface area contributed by atoms with Crippen LogP contribution in [0.1, 0.15) is 12.8 Å². The summed E-state index contributed by atoms with van der Waals surface area (Å²) in [4.78, 5) is 22.1. The summed E-state index contributed by atoms with van der Waals surface area (Å²) in [6.45, 7) is 0. The van der Waals surface area contributed by atoms with Crippen LogP contribution in [0.25, 0.3) is 0 Å². The Balaban J connectivity index is 1.99. The van der Waals surface area contributed by atoms with E-state index in [1.54, 1.807) is 12.4 Å². The molecule has 6 nitrogen and oxygen atoms in total. The maximum absolute atomic E-state index is 11.3. The molecule has 0 spiro atoms. The molecule has 74 valence electrons. The first-order valence-electron chi connectivity index (χ1n) is 4.35. The van der Waals surface area contributed by atoms with Crippen LogP contribution >= 0.6 is 0 Å². The predicted molar refractivity (Wildman–Crippen MR) is 48.4 cm³/mol. The highest BCUT2D eigenvalue weighted by molar-refractivity contribution is 6.01. The van der Waals surface area contributed by atoms with Gasteiger partial charge in [-0.3, -0.25) is 20.0 Å². The summed E-state index contributed by atoms with van der Waals surface area (Å²) in [6, 6.07) is -0.342. The van der Waals surface area contributed by atoms with Crippen LogP contribution in [0.2, 0.25) is 0 Å². The number of nitrogens with one attached hydrogen (secondary N) is 3. The second-order valence-electron chi connectivity index (χ2n) is 3.14. The van der Waals surface area contributed by atoms with Crippen LogP contribution < -0.4 is 10.6 Å². The van der Waals surface area contributed by atoms with E-state index in [2.05, 4.69) is 20.8 Å². The first-order chi connectivity index (χ1) is 6.75. The molecule has 1 aliphatic heterocycles. The van der Waals surface area contributed by atoms with E-state index in [1.165, 1.54) is 0 Å². The zero-order valence-corrected chi connectivity index (χ0v) is 7.41. The Morgan fingerprint density at radius 3 is 3.00 bits per heavy atom. The lowest BCUT2D eigenvalue weighted by molar-refractivity contribution is -0.133. The quantitative estimate of drug-likeness (QED) is 0.560. The number of piperidine rings is 1. The number of amides is 2. The van der Waals surface area contributed by atoms with Crippen LogP contribution in [0.5, 0.6) is 0 Å². The second kappa shape index (κ2) is 3.49. The highest BCUT2D eigenvalue weighted by Crippen LogP contribution is 2.11. The van der Waals surface area contributed by atoms with Gasteiger partial charge >= 0.3 is 0 Å². The molecule has 2 heterocycles. The average molecular weight is 194 g/mol. The fourth-order valence-corrected chi connectivity index (χ4v) is 1.36. The Labute approximate surface area is 80.1 Å². The molecular formula is C8H10N4O2. The van der Waals surface area contributed by atoms with Gasteiger partial charge in [0.25, 0.3) is 0 Å². The SMILES string of the molecule is O=C1CCC(Nc2cn[nH]c2)C(=O)N1. The third kappa shape index (κ3) is 1.73. The lowest BCUT2D eigenvalue weighted by atomic mass is 10.1. The Hall–Kier alpha value is -1.85. The molecule has 0 aliphatic carbocycles. The van der Waals surface area contributed by atoms with Gasteiger partial charge in [0, 0.05) is 12.6 Å². The Kier molecular flexibility index (Phi) is 2.18. The van der Waals surface area contributed by atoms with Crippen molar-refractivity contribution < 1.29 is 9.59 Å². The van der Waals surface area contributed by atoms with E-state index < -0.39 is 0 Å². The Bertz CT molecular complexity index is 346. The van der Waals surface area contributed by atoms with Gasteiger partial charge in [-0.15, -0.1) is 0 Å². The van der Waals surface area contributed by atoms with Crippen LogP contribution in [0.15, 0.2) is 12.4 Å². The summed E-state index contributed by atoms with van der Waals surface area (Å²) in [5.74, 6) is -0.484. The summed E-state index contributed by atoms with van der Waals surface area (Å²) in [5.41, 5.74) is 0.750. The van der Waals surface area contributed by atoms with Crippen LogP contribution in [-0.4, -0.2) is 28.1 Å². The largest absolute Gasteiger partial charge is 0.371 e. The minimum absolute atomic E-state index is 0.208. The first kappa shape index (κ1) is 8.74. The van der Waals surface area contributed by atoms with Gasteiger partial charge in [0.1, 0.15) is 6.04 Å². The summed E-state index contributed by atoms with van der Waals surface area (Å²) < 4.78 is 0. The Morgan fingerprint density at radius 2 is 2.36 bits per heavy atom. The molecule has 6 heteroatoms. The van der Waals surface area contributed by atoms with Gasteiger partial charge < -0.3 is 5.32 Å². The molecule has 1 unspecified atom stereocenters. The van der Waals surface area contributed by atoms with Gasteiger partial charge in [-0.2, -0.15) is 5.10 Å². The maximum atomic E-state index is 11.3. The van der Waals surface area contributed by atoms with Crippen LogP contribution in [0.4, 0.5) is 5.69 Å². The zero-order valence-electron chi connectivity index (χ0n) is 7.41. The molecule has 1 aromatic rings. The summed E-state index contributed by atoms with van der Waals surface area (Å²) >= 11 is 0. The molecule has 0 aromatic carbocycles. The van der Waals surface area contributed by atoms with Gasteiger partial charge in [-0.1, -0.05) is 0 Å². The van der Waals surface area contributed by atoms with E-state index in [4.69, 9.17) is 0 Å². The number of H-pyrrole nitrogens is 1. The smallest absolute Gasteiger partial charge is 0.249 e. The molecule has 0 bridgehead atoms. The van der Waals surface area contributed by atoms with Crippen molar-refractivity contribution in [2.75, 3.05) is 5.32 Å². The fourth-order valence-electron chi connectivity index (χ4n) is 1.36. The average Bonchev–Trinajstić information content (AvgIpc) is 2.62. The van der Waals surface area contributed by atoms with Crippen LogP contribution in [-0.2, 0) is 9.59 Å².